The van der Waals surface area contributed by atoms with Gasteiger partial charge in [-0.05, 0) is 75.0 Å². The van der Waals surface area contributed by atoms with Gasteiger partial charge in [0.15, 0.2) is 0 Å². The van der Waals surface area contributed by atoms with E-state index in [0.717, 1.165) is 31.6 Å². The van der Waals surface area contributed by atoms with Crippen molar-refractivity contribution >= 4 is 5.78 Å². The van der Waals surface area contributed by atoms with Crippen LogP contribution in [0.3, 0.4) is 0 Å². The van der Waals surface area contributed by atoms with Crippen molar-refractivity contribution in [3.63, 3.8) is 0 Å². The Morgan fingerprint density at radius 2 is 1.91 bits per heavy atom. The average Bonchev–Trinajstić information content (AvgIpc) is 3.15. The van der Waals surface area contributed by atoms with Crippen LogP contribution < -0.4 is 0 Å². The van der Waals surface area contributed by atoms with Gasteiger partial charge in [-0.25, -0.2) is 0 Å². The molecule has 3 heteroatoms. The molecule has 5 aliphatic rings. The van der Waals surface area contributed by atoms with Gasteiger partial charge in [-0.15, -0.1) is 0 Å². The van der Waals surface area contributed by atoms with E-state index in [9.17, 15) is 9.90 Å². The molecule has 5 rings (SSSR count). The summed E-state index contributed by atoms with van der Waals surface area (Å²) in [6.45, 7) is 4.19. The van der Waals surface area contributed by atoms with Crippen molar-refractivity contribution in [2.45, 2.75) is 88.9 Å². The molecule has 5 fully saturated rings. The molecule has 23 heavy (non-hydrogen) atoms. The Balaban J connectivity index is 1.54. The van der Waals surface area contributed by atoms with E-state index in [1.165, 1.54) is 32.1 Å². The van der Waals surface area contributed by atoms with Gasteiger partial charge >= 0.3 is 0 Å². The van der Waals surface area contributed by atoms with Gasteiger partial charge in [0.05, 0.1) is 17.6 Å². The first-order valence-corrected chi connectivity index (χ1v) is 9.84. The summed E-state index contributed by atoms with van der Waals surface area (Å²) in [4.78, 5) is 12.1. The summed E-state index contributed by atoms with van der Waals surface area (Å²) in [6, 6.07) is 0. The largest absolute Gasteiger partial charge is 0.386 e. The second-order valence-electron chi connectivity index (χ2n) is 9.50. The zero-order valence-corrected chi connectivity index (χ0v) is 14.5. The van der Waals surface area contributed by atoms with Gasteiger partial charge in [0.2, 0.25) is 0 Å². The zero-order valence-electron chi connectivity index (χ0n) is 14.5. The van der Waals surface area contributed by atoms with Crippen LogP contribution in [0.1, 0.15) is 71.6 Å². The van der Waals surface area contributed by atoms with Crippen molar-refractivity contribution < 1.29 is 14.6 Å². The van der Waals surface area contributed by atoms with Gasteiger partial charge in [0, 0.05) is 0 Å². The maximum Gasteiger partial charge on any atom is 0.136 e. The van der Waals surface area contributed by atoms with E-state index in [0.29, 0.717) is 17.3 Å². The molecule has 8 unspecified atom stereocenters. The van der Waals surface area contributed by atoms with E-state index in [4.69, 9.17) is 4.74 Å². The van der Waals surface area contributed by atoms with Gasteiger partial charge in [0.1, 0.15) is 11.4 Å². The predicted octanol–water partition coefficient (Wildman–Crippen LogP) is 3.48. The van der Waals surface area contributed by atoms with Crippen LogP contribution in [0.4, 0.5) is 0 Å². The lowest BCUT2D eigenvalue weighted by Crippen LogP contribution is -2.62. The second-order valence-corrected chi connectivity index (χ2v) is 9.50. The highest BCUT2D eigenvalue weighted by atomic mass is 16.6. The molecule has 0 aromatic rings. The highest BCUT2D eigenvalue weighted by molar-refractivity contribution is 5.81. The minimum atomic E-state index is -0.734. The van der Waals surface area contributed by atoms with Crippen LogP contribution in [0.15, 0.2) is 0 Å². The molecule has 128 valence electrons. The highest BCUT2D eigenvalue weighted by Crippen LogP contribution is 2.72. The summed E-state index contributed by atoms with van der Waals surface area (Å²) < 4.78 is 6.21. The number of hydrogen-bond donors (Lipinski definition) is 1. The van der Waals surface area contributed by atoms with Crippen molar-refractivity contribution in [3.8, 4) is 0 Å². The number of ketones is 1. The van der Waals surface area contributed by atoms with Crippen LogP contribution in [-0.2, 0) is 9.53 Å². The fraction of sp³-hybridized carbons (Fsp3) is 0.950. The maximum absolute atomic E-state index is 12.1. The van der Waals surface area contributed by atoms with Crippen molar-refractivity contribution in [1.82, 2.24) is 0 Å². The molecule has 1 saturated heterocycles. The van der Waals surface area contributed by atoms with Crippen LogP contribution >= 0.6 is 0 Å². The number of carbonyl (C=O) groups is 1. The van der Waals surface area contributed by atoms with Crippen LogP contribution in [0.2, 0.25) is 0 Å². The zero-order chi connectivity index (χ0) is 16.0. The third-order valence-electron chi connectivity index (χ3n) is 8.95. The SMILES string of the molecule is CC(=O)C1CCC2(O)C3CCC4CCCCC4(C)C3CC3OC312. The topological polar surface area (TPSA) is 49.8 Å². The summed E-state index contributed by atoms with van der Waals surface area (Å²) in [5.41, 5.74) is -0.844. The first-order chi connectivity index (χ1) is 10.9. The van der Waals surface area contributed by atoms with Crippen LogP contribution in [0.25, 0.3) is 0 Å². The van der Waals surface area contributed by atoms with Crippen molar-refractivity contribution in [3.05, 3.63) is 0 Å². The normalized spacial score (nSPS) is 60.2. The third kappa shape index (κ3) is 1.57. The quantitative estimate of drug-likeness (QED) is 0.753. The lowest BCUT2D eigenvalue weighted by Gasteiger charge is -2.59. The Bertz CT molecular complexity index is 559. The summed E-state index contributed by atoms with van der Waals surface area (Å²) >= 11 is 0. The van der Waals surface area contributed by atoms with Crippen molar-refractivity contribution in [1.29, 1.82) is 0 Å². The van der Waals surface area contributed by atoms with E-state index < -0.39 is 11.2 Å². The van der Waals surface area contributed by atoms with E-state index in [-0.39, 0.29) is 17.8 Å². The van der Waals surface area contributed by atoms with Crippen molar-refractivity contribution in [2.75, 3.05) is 0 Å². The number of ether oxygens (including phenoxy) is 1. The molecule has 3 nitrogen and oxygen atoms in total. The van der Waals surface area contributed by atoms with Crippen molar-refractivity contribution in [2.24, 2.45) is 29.1 Å². The number of Topliss-reactive ketones (excluding diaryl/α,β-unsaturated/α-hetero) is 1. The summed E-state index contributed by atoms with van der Waals surface area (Å²) in [6.07, 6.45) is 10.7. The van der Waals surface area contributed by atoms with E-state index >= 15 is 0 Å². The molecule has 4 saturated carbocycles. The summed E-state index contributed by atoms with van der Waals surface area (Å²) in [7, 11) is 0. The number of aliphatic hydroxyl groups is 1. The Labute approximate surface area is 139 Å². The molecule has 4 aliphatic carbocycles. The van der Waals surface area contributed by atoms with E-state index in [2.05, 4.69) is 6.92 Å². The molecule has 8 atom stereocenters. The molecule has 0 aromatic heterocycles. The van der Waals surface area contributed by atoms with Gasteiger partial charge in [0.25, 0.3) is 0 Å². The molecular weight excluding hydrogens is 288 g/mol. The first-order valence-electron chi connectivity index (χ1n) is 9.84. The van der Waals surface area contributed by atoms with Crippen LogP contribution in [0.5, 0.6) is 0 Å². The standard InChI is InChI=1S/C20H30O3/c1-12(21)14-8-10-19(22)15-7-6-13-5-3-4-9-18(13,2)16(15)11-17-20(14,19)23-17/h13-17,22H,3-11H2,1-2H3. The van der Waals surface area contributed by atoms with Gasteiger partial charge in [-0.2, -0.15) is 0 Å². The first kappa shape index (κ1) is 14.9. The number of carbonyl (C=O) groups excluding carboxylic acids is 1. The Morgan fingerprint density at radius 3 is 2.70 bits per heavy atom. The second kappa shape index (κ2) is 4.40. The highest BCUT2D eigenvalue weighted by Gasteiger charge is 2.82. The molecule has 0 aromatic carbocycles. The van der Waals surface area contributed by atoms with Gasteiger partial charge < -0.3 is 9.84 Å². The molecule has 1 aliphatic heterocycles. The van der Waals surface area contributed by atoms with Crippen LogP contribution in [0, 0.1) is 29.1 Å². The molecule has 1 N–H and O–H groups in total. The minimum absolute atomic E-state index is 0.0599. The molecule has 0 bridgehead atoms. The Hall–Kier alpha value is -0.410. The number of hydrogen-bond acceptors (Lipinski definition) is 3. The molecule has 0 amide bonds. The lowest BCUT2D eigenvalue weighted by atomic mass is 9.46. The van der Waals surface area contributed by atoms with Gasteiger partial charge in [-0.3, -0.25) is 4.79 Å². The van der Waals surface area contributed by atoms with E-state index in [1.54, 1.807) is 6.92 Å². The summed E-state index contributed by atoms with van der Waals surface area (Å²) in [5, 5.41) is 11.8. The average molecular weight is 318 g/mol. The smallest absolute Gasteiger partial charge is 0.136 e. The number of fused-ring (bicyclic) bond motifs is 4. The molecular formula is C20H30O3. The van der Waals surface area contributed by atoms with Gasteiger partial charge in [-0.1, -0.05) is 19.8 Å². The summed E-state index contributed by atoms with van der Waals surface area (Å²) in [5.74, 6) is 1.95. The Morgan fingerprint density at radius 1 is 1.09 bits per heavy atom. The molecule has 1 heterocycles. The van der Waals surface area contributed by atoms with Crippen LogP contribution in [-0.4, -0.2) is 28.2 Å². The number of epoxide rings is 1. The predicted molar refractivity (Wildman–Crippen MR) is 86.9 cm³/mol. The molecule has 0 radical (unpaired) electrons. The molecule has 1 spiro atoms. The fourth-order valence-electron chi connectivity index (χ4n) is 7.84. The monoisotopic (exact) mass is 318 g/mol. The third-order valence-corrected chi connectivity index (χ3v) is 8.95. The minimum Gasteiger partial charge on any atom is -0.386 e. The maximum atomic E-state index is 12.1. The Kier molecular flexibility index (Phi) is 2.85. The fourth-order valence-corrected chi connectivity index (χ4v) is 7.84. The lowest BCUT2D eigenvalue weighted by molar-refractivity contribution is -0.162. The van der Waals surface area contributed by atoms with E-state index in [1.807, 2.05) is 0 Å². The number of rotatable bonds is 1.